The van der Waals surface area contributed by atoms with Gasteiger partial charge in [0.1, 0.15) is 0 Å². The summed E-state index contributed by atoms with van der Waals surface area (Å²) in [5.41, 5.74) is 0.916. The van der Waals surface area contributed by atoms with E-state index >= 15 is 0 Å². The van der Waals surface area contributed by atoms with Gasteiger partial charge in [0, 0.05) is 45.8 Å². The zero-order chi connectivity index (χ0) is 22.3. The van der Waals surface area contributed by atoms with Crippen LogP contribution in [0.3, 0.4) is 0 Å². The molecule has 0 bridgehead atoms. The SMILES string of the molecule is COc1ccc(CNC(=O)CN2CCN(S(=O)(=O)N3CCCCCC3)CC2)cc1OC. The summed E-state index contributed by atoms with van der Waals surface area (Å²) >= 11 is 0. The van der Waals surface area contributed by atoms with Gasteiger partial charge >= 0.3 is 0 Å². The number of hydrogen-bond donors (Lipinski definition) is 1. The minimum atomic E-state index is -3.40. The average molecular weight is 455 g/mol. The van der Waals surface area contributed by atoms with Gasteiger partial charge in [-0.2, -0.15) is 17.0 Å². The molecule has 0 aromatic heterocycles. The van der Waals surface area contributed by atoms with E-state index in [4.69, 9.17) is 9.47 Å². The summed E-state index contributed by atoms with van der Waals surface area (Å²) in [6.07, 6.45) is 4.05. The lowest BCUT2D eigenvalue weighted by atomic mass is 10.2. The van der Waals surface area contributed by atoms with E-state index in [1.165, 1.54) is 0 Å². The molecule has 10 heteroatoms. The number of methoxy groups -OCH3 is 2. The molecule has 2 fully saturated rings. The second-order valence-electron chi connectivity index (χ2n) is 7.96. The normalized spacial score (nSPS) is 19.5. The summed E-state index contributed by atoms with van der Waals surface area (Å²) in [5, 5.41) is 2.92. The van der Waals surface area contributed by atoms with Gasteiger partial charge < -0.3 is 14.8 Å². The number of nitrogens with zero attached hydrogens (tertiary/aromatic N) is 3. The first kappa shape index (κ1) is 23.8. The van der Waals surface area contributed by atoms with Gasteiger partial charge in [0.25, 0.3) is 10.2 Å². The van der Waals surface area contributed by atoms with Crippen molar-refractivity contribution in [1.29, 1.82) is 0 Å². The molecule has 0 radical (unpaired) electrons. The molecule has 1 aromatic carbocycles. The van der Waals surface area contributed by atoms with Crippen LogP contribution in [0.25, 0.3) is 0 Å². The topological polar surface area (TPSA) is 91.4 Å². The Kier molecular flexibility index (Phi) is 8.53. The Morgan fingerprint density at radius 3 is 2.13 bits per heavy atom. The van der Waals surface area contributed by atoms with Crippen molar-refractivity contribution in [3.05, 3.63) is 23.8 Å². The highest BCUT2D eigenvalue weighted by Crippen LogP contribution is 2.27. The maximum absolute atomic E-state index is 12.9. The van der Waals surface area contributed by atoms with Crippen LogP contribution in [0.15, 0.2) is 18.2 Å². The molecule has 0 spiro atoms. The van der Waals surface area contributed by atoms with Crippen LogP contribution in [0.2, 0.25) is 0 Å². The third-order valence-electron chi connectivity index (χ3n) is 5.85. The molecule has 1 N–H and O–H groups in total. The minimum Gasteiger partial charge on any atom is -0.493 e. The molecule has 1 aromatic rings. The first-order valence-corrected chi connectivity index (χ1v) is 12.3. The van der Waals surface area contributed by atoms with Gasteiger partial charge in [0.2, 0.25) is 5.91 Å². The fourth-order valence-electron chi connectivity index (χ4n) is 4.00. The molecular weight excluding hydrogens is 420 g/mol. The predicted octanol–water partition coefficient (Wildman–Crippen LogP) is 1.06. The molecule has 0 saturated carbocycles. The Hall–Kier alpha value is -1.88. The zero-order valence-electron chi connectivity index (χ0n) is 18.5. The molecule has 1 amide bonds. The number of carbonyl (C=O) groups excluding carboxylic acids is 1. The number of hydrogen-bond acceptors (Lipinski definition) is 6. The van der Waals surface area contributed by atoms with E-state index in [-0.39, 0.29) is 12.5 Å². The highest BCUT2D eigenvalue weighted by atomic mass is 32.2. The van der Waals surface area contributed by atoms with E-state index < -0.39 is 10.2 Å². The molecule has 174 valence electrons. The molecule has 2 aliphatic rings. The fraction of sp³-hybridized carbons (Fsp3) is 0.667. The molecule has 9 nitrogen and oxygen atoms in total. The van der Waals surface area contributed by atoms with Gasteiger partial charge in [-0.3, -0.25) is 9.69 Å². The number of amides is 1. The zero-order valence-corrected chi connectivity index (χ0v) is 19.3. The number of piperazine rings is 1. The van der Waals surface area contributed by atoms with Crippen molar-refractivity contribution in [2.75, 3.05) is 60.0 Å². The van der Waals surface area contributed by atoms with Gasteiger partial charge in [-0.15, -0.1) is 0 Å². The van der Waals surface area contributed by atoms with Crippen LogP contribution >= 0.6 is 0 Å². The van der Waals surface area contributed by atoms with Crippen molar-refractivity contribution in [2.45, 2.75) is 32.2 Å². The summed E-state index contributed by atoms with van der Waals surface area (Å²) < 4.78 is 39.5. The van der Waals surface area contributed by atoms with Crippen LogP contribution < -0.4 is 14.8 Å². The van der Waals surface area contributed by atoms with E-state index in [1.807, 2.05) is 23.1 Å². The third kappa shape index (κ3) is 6.31. The summed E-state index contributed by atoms with van der Waals surface area (Å²) in [7, 11) is -0.244. The highest BCUT2D eigenvalue weighted by molar-refractivity contribution is 7.86. The average Bonchev–Trinajstić information content (AvgIpc) is 3.08. The van der Waals surface area contributed by atoms with Gasteiger partial charge in [-0.1, -0.05) is 18.9 Å². The maximum atomic E-state index is 12.9. The second kappa shape index (κ2) is 11.1. The Morgan fingerprint density at radius 2 is 1.52 bits per heavy atom. The molecule has 2 heterocycles. The van der Waals surface area contributed by atoms with E-state index in [2.05, 4.69) is 5.32 Å². The molecule has 2 saturated heterocycles. The second-order valence-corrected chi connectivity index (χ2v) is 9.89. The lowest BCUT2D eigenvalue weighted by molar-refractivity contribution is -0.122. The van der Waals surface area contributed by atoms with Crippen molar-refractivity contribution in [2.24, 2.45) is 0 Å². The molecule has 2 aliphatic heterocycles. The van der Waals surface area contributed by atoms with E-state index in [0.717, 1.165) is 31.2 Å². The number of ether oxygens (including phenoxy) is 2. The Labute approximate surface area is 185 Å². The largest absolute Gasteiger partial charge is 0.493 e. The van der Waals surface area contributed by atoms with Crippen LogP contribution in [0, 0.1) is 0 Å². The number of rotatable bonds is 8. The van der Waals surface area contributed by atoms with E-state index in [0.29, 0.717) is 57.3 Å². The summed E-state index contributed by atoms with van der Waals surface area (Å²) in [4.78, 5) is 14.4. The summed E-state index contributed by atoms with van der Waals surface area (Å²) in [5.74, 6) is 1.18. The monoisotopic (exact) mass is 454 g/mol. The summed E-state index contributed by atoms with van der Waals surface area (Å²) in [6, 6.07) is 5.53. The van der Waals surface area contributed by atoms with Crippen LogP contribution in [-0.4, -0.2) is 87.9 Å². The van der Waals surface area contributed by atoms with Crippen molar-refractivity contribution in [3.63, 3.8) is 0 Å². The highest BCUT2D eigenvalue weighted by Gasteiger charge is 2.32. The standard InChI is InChI=1S/C21H34N4O5S/c1-29-19-8-7-18(15-20(19)30-2)16-22-21(26)17-23-11-13-25(14-12-23)31(27,28)24-9-5-3-4-6-10-24/h7-8,15H,3-6,9-14,16-17H2,1-2H3,(H,22,26). The molecule has 31 heavy (non-hydrogen) atoms. The molecule has 0 aliphatic carbocycles. The van der Waals surface area contributed by atoms with Crippen molar-refractivity contribution >= 4 is 16.1 Å². The van der Waals surface area contributed by atoms with Crippen LogP contribution in [0.5, 0.6) is 11.5 Å². The minimum absolute atomic E-state index is 0.0846. The van der Waals surface area contributed by atoms with Crippen molar-refractivity contribution in [1.82, 2.24) is 18.8 Å². The molecular formula is C21H34N4O5S. The Morgan fingerprint density at radius 1 is 0.903 bits per heavy atom. The maximum Gasteiger partial charge on any atom is 0.282 e. The first-order valence-electron chi connectivity index (χ1n) is 10.9. The predicted molar refractivity (Wildman–Crippen MR) is 118 cm³/mol. The van der Waals surface area contributed by atoms with E-state index in [1.54, 1.807) is 22.8 Å². The smallest absolute Gasteiger partial charge is 0.282 e. The van der Waals surface area contributed by atoms with Gasteiger partial charge in [-0.25, -0.2) is 0 Å². The lowest BCUT2D eigenvalue weighted by Crippen LogP contribution is -2.54. The Bertz CT molecular complexity index is 832. The molecule has 0 atom stereocenters. The first-order chi connectivity index (χ1) is 14.9. The molecule has 3 rings (SSSR count). The quantitative estimate of drug-likeness (QED) is 0.632. The molecule has 0 unspecified atom stereocenters. The number of benzene rings is 1. The Balaban J connectivity index is 1.44. The third-order valence-corrected chi connectivity index (χ3v) is 7.89. The summed E-state index contributed by atoms with van der Waals surface area (Å²) in [6.45, 7) is 3.81. The van der Waals surface area contributed by atoms with Gasteiger partial charge in [0.05, 0.1) is 20.8 Å². The van der Waals surface area contributed by atoms with Gasteiger partial charge in [-0.05, 0) is 30.5 Å². The fourth-order valence-corrected chi connectivity index (χ4v) is 5.68. The van der Waals surface area contributed by atoms with Crippen molar-refractivity contribution in [3.8, 4) is 11.5 Å². The lowest BCUT2D eigenvalue weighted by Gasteiger charge is -2.36. The van der Waals surface area contributed by atoms with Crippen LogP contribution in [0.4, 0.5) is 0 Å². The van der Waals surface area contributed by atoms with Crippen LogP contribution in [0.1, 0.15) is 31.2 Å². The van der Waals surface area contributed by atoms with Gasteiger partial charge in [0.15, 0.2) is 11.5 Å². The van der Waals surface area contributed by atoms with Crippen LogP contribution in [-0.2, 0) is 21.5 Å². The number of carbonyl (C=O) groups is 1. The number of nitrogens with one attached hydrogen (secondary N) is 1. The van der Waals surface area contributed by atoms with Crippen molar-refractivity contribution < 1.29 is 22.7 Å². The van der Waals surface area contributed by atoms with E-state index in [9.17, 15) is 13.2 Å².